The number of hydrogen-bond acceptors (Lipinski definition) is 1. The minimum Gasteiger partial charge on any atom is -0.298 e. The van der Waals surface area contributed by atoms with Crippen molar-refractivity contribution in [3.8, 4) is 0 Å². The van der Waals surface area contributed by atoms with Crippen molar-refractivity contribution < 1.29 is 13.6 Å². The van der Waals surface area contributed by atoms with E-state index >= 15 is 0 Å². The van der Waals surface area contributed by atoms with Gasteiger partial charge < -0.3 is 0 Å². The van der Waals surface area contributed by atoms with E-state index in [1.165, 1.54) is 24.3 Å². The molecule has 2 aromatic carbocycles. The summed E-state index contributed by atoms with van der Waals surface area (Å²) >= 11 is 0. The number of aldehydes is 1. The van der Waals surface area contributed by atoms with E-state index < -0.39 is 0 Å². The second-order valence-corrected chi connectivity index (χ2v) is 4.20. The molecule has 0 saturated heterocycles. The van der Waals surface area contributed by atoms with Gasteiger partial charge in [-0.1, -0.05) is 24.3 Å². The molecule has 1 nitrogen and oxygen atoms in total. The molecule has 96 valence electrons. The molecule has 0 heterocycles. The molecule has 0 aliphatic heterocycles. The van der Waals surface area contributed by atoms with Crippen molar-refractivity contribution in [2.45, 2.75) is 6.42 Å². The number of carbonyl (C=O) groups excluding carboxylic acids is 1. The summed E-state index contributed by atoms with van der Waals surface area (Å²) in [4.78, 5) is 11.0. The molecule has 0 bridgehead atoms. The van der Waals surface area contributed by atoms with E-state index in [9.17, 15) is 13.6 Å². The summed E-state index contributed by atoms with van der Waals surface area (Å²) in [6, 6.07) is 12.0. The van der Waals surface area contributed by atoms with Gasteiger partial charge in [-0.3, -0.25) is 4.79 Å². The summed E-state index contributed by atoms with van der Waals surface area (Å²) in [6.45, 7) is 0. The minimum absolute atomic E-state index is 0.317. The highest BCUT2D eigenvalue weighted by Gasteiger charge is 2.01. The standard InChI is InChI=1S/C16H12F2O/c17-15-5-1-3-12(9-15)7-14(11-19)8-13-4-2-6-16(18)10-13/h1-7,9-11H,8H2/b14-7+. The van der Waals surface area contributed by atoms with E-state index in [1.54, 1.807) is 30.3 Å². The fraction of sp³-hybridized carbons (Fsp3) is 0.0625. The van der Waals surface area contributed by atoms with Crippen LogP contribution in [0.4, 0.5) is 8.78 Å². The van der Waals surface area contributed by atoms with Crippen LogP contribution in [0.3, 0.4) is 0 Å². The normalized spacial score (nSPS) is 11.4. The first-order chi connectivity index (χ1) is 9.17. The van der Waals surface area contributed by atoms with Crippen molar-refractivity contribution in [3.63, 3.8) is 0 Å². The summed E-state index contributed by atoms with van der Waals surface area (Å²) in [6.07, 6.45) is 2.62. The van der Waals surface area contributed by atoms with Crippen LogP contribution in [0.25, 0.3) is 6.08 Å². The summed E-state index contributed by atoms with van der Waals surface area (Å²) < 4.78 is 26.1. The lowest BCUT2D eigenvalue weighted by atomic mass is 10.0. The monoisotopic (exact) mass is 258 g/mol. The first kappa shape index (κ1) is 13.1. The third-order valence-corrected chi connectivity index (χ3v) is 2.65. The molecule has 0 N–H and O–H groups in total. The van der Waals surface area contributed by atoms with Gasteiger partial charge in [0.1, 0.15) is 17.9 Å². The summed E-state index contributed by atoms with van der Waals surface area (Å²) in [5.41, 5.74) is 1.78. The Bertz CT molecular complexity index is 618. The number of halogens is 2. The Kier molecular flexibility index (Phi) is 4.18. The fourth-order valence-corrected chi connectivity index (χ4v) is 1.82. The molecule has 3 heteroatoms. The molecule has 0 atom stereocenters. The number of allylic oxidation sites excluding steroid dienone is 1. The number of hydrogen-bond donors (Lipinski definition) is 0. The number of benzene rings is 2. The molecule has 0 aliphatic carbocycles. The van der Waals surface area contributed by atoms with E-state index in [0.717, 1.165) is 0 Å². The maximum Gasteiger partial charge on any atom is 0.146 e. The lowest BCUT2D eigenvalue weighted by Crippen LogP contribution is -1.93. The average molecular weight is 258 g/mol. The van der Waals surface area contributed by atoms with E-state index in [-0.39, 0.29) is 11.6 Å². The Morgan fingerprint density at radius 2 is 1.68 bits per heavy atom. The van der Waals surface area contributed by atoms with Crippen LogP contribution in [0.15, 0.2) is 54.1 Å². The van der Waals surface area contributed by atoms with E-state index in [0.29, 0.717) is 29.4 Å². The molecule has 0 saturated carbocycles. The van der Waals surface area contributed by atoms with Crippen molar-refractivity contribution in [2.75, 3.05) is 0 Å². The Morgan fingerprint density at radius 1 is 1.00 bits per heavy atom. The lowest BCUT2D eigenvalue weighted by Gasteiger charge is -2.02. The zero-order valence-corrected chi connectivity index (χ0v) is 10.1. The van der Waals surface area contributed by atoms with Crippen molar-refractivity contribution in [1.29, 1.82) is 0 Å². The quantitative estimate of drug-likeness (QED) is 0.602. The molecule has 2 rings (SSSR count). The summed E-state index contributed by atoms with van der Waals surface area (Å²) in [7, 11) is 0. The van der Waals surface area contributed by atoms with Crippen molar-refractivity contribution in [3.05, 3.63) is 76.9 Å². The topological polar surface area (TPSA) is 17.1 Å². The van der Waals surface area contributed by atoms with Gasteiger partial charge in [-0.2, -0.15) is 0 Å². The largest absolute Gasteiger partial charge is 0.298 e. The Hall–Kier alpha value is -2.29. The highest BCUT2D eigenvalue weighted by molar-refractivity contribution is 5.82. The average Bonchev–Trinajstić information content (AvgIpc) is 2.38. The van der Waals surface area contributed by atoms with Crippen LogP contribution in [0.2, 0.25) is 0 Å². The predicted octanol–water partition coefficient (Wildman–Crippen LogP) is 3.79. The van der Waals surface area contributed by atoms with Crippen molar-refractivity contribution >= 4 is 12.4 Å². The fourth-order valence-electron chi connectivity index (χ4n) is 1.82. The van der Waals surface area contributed by atoms with Crippen LogP contribution < -0.4 is 0 Å². The van der Waals surface area contributed by atoms with Crippen molar-refractivity contribution in [1.82, 2.24) is 0 Å². The molecule has 2 aromatic rings. The van der Waals surface area contributed by atoms with Crippen LogP contribution in [0.1, 0.15) is 11.1 Å². The van der Waals surface area contributed by atoms with Gasteiger partial charge in [-0.05, 0) is 47.0 Å². The van der Waals surface area contributed by atoms with Gasteiger partial charge in [0.15, 0.2) is 0 Å². The zero-order chi connectivity index (χ0) is 13.7. The SMILES string of the molecule is O=C/C(=C/c1cccc(F)c1)Cc1cccc(F)c1. The van der Waals surface area contributed by atoms with Crippen LogP contribution >= 0.6 is 0 Å². The first-order valence-corrected chi connectivity index (χ1v) is 5.83. The molecule has 0 aromatic heterocycles. The van der Waals surface area contributed by atoms with Gasteiger partial charge >= 0.3 is 0 Å². The Morgan fingerprint density at radius 3 is 2.32 bits per heavy atom. The summed E-state index contributed by atoms with van der Waals surface area (Å²) in [5, 5.41) is 0. The number of rotatable bonds is 4. The minimum atomic E-state index is -0.357. The van der Waals surface area contributed by atoms with Gasteiger partial charge in [0.05, 0.1) is 0 Å². The van der Waals surface area contributed by atoms with Gasteiger partial charge in [-0.25, -0.2) is 8.78 Å². The molecule has 19 heavy (non-hydrogen) atoms. The maximum absolute atomic E-state index is 13.0. The smallest absolute Gasteiger partial charge is 0.146 e. The second kappa shape index (κ2) is 6.05. The van der Waals surface area contributed by atoms with Gasteiger partial charge in [-0.15, -0.1) is 0 Å². The van der Waals surface area contributed by atoms with E-state index in [1.807, 2.05) is 0 Å². The molecule has 0 fully saturated rings. The molecular weight excluding hydrogens is 246 g/mol. The summed E-state index contributed by atoms with van der Waals surface area (Å²) in [5.74, 6) is -0.696. The van der Waals surface area contributed by atoms with Crippen LogP contribution in [0, 0.1) is 11.6 Å². The predicted molar refractivity (Wildman–Crippen MR) is 70.5 cm³/mol. The maximum atomic E-state index is 13.0. The molecule has 0 unspecified atom stereocenters. The highest BCUT2D eigenvalue weighted by Crippen LogP contribution is 2.13. The van der Waals surface area contributed by atoms with Crippen LogP contribution in [-0.2, 0) is 11.2 Å². The molecule has 0 spiro atoms. The van der Waals surface area contributed by atoms with Crippen LogP contribution in [0.5, 0.6) is 0 Å². The third kappa shape index (κ3) is 3.85. The second-order valence-electron chi connectivity index (χ2n) is 4.20. The van der Waals surface area contributed by atoms with E-state index in [4.69, 9.17) is 0 Å². The molecule has 0 aliphatic rings. The molecule has 0 amide bonds. The highest BCUT2D eigenvalue weighted by atomic mass is 19.1. The Labute approximate surface area is 110 Å². The zero-order valence-electron chi connectivity index (χ0n) is 10.1. The van der Waals surface area contributed by atoms with Gasteiger partial charge in [0.25, 0.3) is 0 Å². The lowest BCUT2D eigenvalue weighted by molar-refractivity contribution is -0.104. The first-order valence-electron chi connectivity index (χ1n) is 5.83. The van der Waals surface area contributed by atoms with Gasteiger partial charge in [0.2, 0.25) is 0 Å². The van der Waals surface area contributed by atoms with Gasteiger partial charge in [0, 0.05) is 6.42 Å². The Balaban J connectivity index is 2.23. The third-order valence-electron chi connectivity index (χ3n) is 2.65. The number of carbonyl (C=O) groups is 1. The van der Waals surface area contributed by atoms with Crippen molar-refractivity contribution in [2.24, 2.45) is 0 Å². The van der Waals surface area contributed by atoms with Crippen LogP contribution in [-0.4, -0.2) is 6.29 Å². The molecule has 0 radical (unpaired) electrons. The molecular formula is C16H12F2O. The van der Waals surface area contributed by atoms with E-state index in [2.05, 4.69) is 0 Å².